The van der Waals surface area contributed by atoms with Gasteiger partial charge in [0, 0.05) is 36.3 Å². The summed E-state index contributed by atoms with van der Waals surface area (Å²) in [5.41, 5.74) is 3.56. The van der Waals surface area contributed by atoms with Gasteiger partial charge in [0.1, 0.15) is 0 Å². The maximum absolute atomic E-state index is 12.7. The third kappa shape index (κ3) is 8.33. The van der Waals surface area contributed by atoms with Crippen LogP contribution in [0, 0.1) is 0 Å². The van der Waals surface area contributed by atoms with Crippen LogP contribution in [0.4, 0.5) is 0 Å². The zero-order valence-electron chi connectivity index (χ0n) is 21.8. The highest BCUT2D eigenvalue weighted by molar-refractivity contribution is 5.97. The second kappa shape index (κ2) is 13.6. The molecule has 0 spiro atoms. The van der Waals surface area contributed by atoms with E-state index in [4.69, 9.17) is 0 Å². The molecule has 2 N–H and O–H groups in total. The van der Waals surface area contributed by atoms with Crippen LogP contribution >= 0.6 is 0 Å². The van der Waals surface area contributed by atoms with Gasteiger partial charge in [-0.2, -0.15) is 0 Å². The Bertz CT molecular complexity index is 994. The van der Waals surface area contributed by atoms with Crippen LogP contribution in [0.2, 0.25) is 0 Å². The van der Waals surface area contributed by atoms with Gasteiger partial charge in [0.2, 0.25) is 0 Å². The van der Waals surface area contributed by atoms with E-state index in [-0.39, 0.29) is 23.9 Å². The maximum Gasteiger partial charge on any atom is 0.251 e. The summed E-state index contributed by atoms with van der Waals surface area (Å²) in [4.78, 5) is 29.7. The van der Waals surface area contributed by atoms with Crippen molar-refractivity contribution in [2.24, 2.45) is 0 Å². The molecular formula is C30H38N4O2. The fourth-order valence-electron chi connectivity index (χ4n) is 4.05. The molecule has 6 heteroatoms. The molecule has 2 amide bonds. The van der Waals surface area contributed by atoms with E-state index in [0.717, 1.165) is 12.8 Å². The van der Waals surface area contributed by atoms with E-state index in [0.29, 0.717) is 24.2 Å². The van der Waals surface area contributed by atoms with Crippen LogP contribution in [0.3, 0.4) is 0 Å². The number of likely N-dealkylation sites (N-methyl/N-ethyl adjacent to an activating group) is 2. The Morgan fingerprint density at radius 2 is 0.917 bits per heavy atom. The summed E-state index contributed by atoms with van der Waals surface area (Å²) in [5, 5.41) is 6.08. The third-order valence-corrected chi connectivity index (χ3v) is 6.49. The van der Waals surface area contributed by atoms with E-state index in [1.54, 1.807) is 24.3 Å². The first-order valence-electron chi connectivity index (χ1n) is 12.4. The summed E-state index contributed by atoms with van der Waals surface area (Å²) >= 11 is 0. The molecule has 0 saturated heterocycles. The number of carbonyl (C=O) groups is 2. The lowest BCUT2D eigenvalue weighted by Crippen LogP contribution is -2.42. The molecule has 2 unspecified atom stereocenters. The van der Waals surface area contributed by atoms with E-state index in [1.807, 2.05) is 64.6 Å². The summed E-state index contributed by atoms with van der Waals surface area (Å²) in [7, 11) is 8.09. The fourth-order valence-corrected chi connectivity index (χ4v) is 4.05. The number of benzene rings is 3. The van der Waals surface area contributed by atoms with Crippen molar-refractivity contribution in [3.63, 3.8) is 0 Å². The van der Waals surface area contributed by atoms with E-state index in [1.165, 1.54) is 11.1 Å². The summed E-state index contributed by atoms with van der Waals surface area (Å²) in [6.45, 7) is 1.08. The molecular weight excluding hydrogens is 448 g/mol. The van der Waals surface area contributed by atoms with Crippen LogP contribution in [0.15, 0.2) is 84.9 Å². The highest BCUT2D eigenvalue weighted by Gasteiger charge is 2.17. The van der Waals surface area contributed by atoms with Gasteiger partial charge < -0.3 is 20.4 Å². The number of carbonyl (C=O) groups excluding carboxylic acids is 2. The van der Waals surface area contributed by atoms with Crippen LogP contribution in [0.5, 0.6) is 0 Å². The monoisotopic (exact) mass is 486 g/mol. The lowest BCUT2D eigenvalue weighted by atomic mass is 10.0. The van der Waals surface area contributed by atoms with Gasteiger partial charge in [-0.1, -0.05) is 60.7 Å². The van der Waals surface area contributed by atoms with Crippen LogP contribution < -0.4 is 10.6 Å². The van der Waals surface area contributed by atoms with E-state index < -0.39 is 0 Å². The Kier molecular flexibility index (Phi) is 10.2. The summed E-state index contributed by atoms with van der Waals surface area (Å²) in [6, 6.07) is 27.7. The van der Waals surface area contributed by atoms with E-state index in [2.05, 4.69) is 44.7 Å². The van der Waals surface area contributed by atoms with Crippen molar-refractivity contribution in [2.75, 3.05) is 41.3 Å². The smallest absolute Gasteiger partial charge is 0.251 e. The van der Waals surface area contributed by atoms with Crippen LogP contribution in [-0.4, -0.2) is 75.0 Å². The number of hydrogen-bond acceptors (Lipinski definition) is 4. The van der Waals surface area contributed by atoms with Gasteiger partial charge in [0.15, 0.2) is 0 Å². The summed E-state index contributed by atoms with van der Waals surface area (Å²) in [6.07, 6.45) is 1.71. The minimum absolute atomic E-state index is 0.141. The van der Waals surface area contributed by atoms with E-state index >= 15 is 0 Å². The van der Waals surface area contributed by atoms with Crippen molar-refractivity contribution in [2.45, 2.75) is 24.9 Å². The number of rotatable bonds is 12. The molecule has 190 valence electrons. The van der Waals surface area contributed by atoms with Gasteiger partial charge in [0.25, 0.3) is 11.8 Å². The first-order chi connectivity index (χ1) is 17.3. The van der Waals surface area contributed by atoms with Gasteiger partial charge in [-0.05, 0) is 76.4 Å². The molecule has 2 atom stereocenters. The molecule has 0 aliphatic rings. The van der Waals surface area contributed by atoms with Crippen LogP contribution in [0.1, 0.15) is 31.8 Å². The predicted molar refractivity (Wildman–Crippen MR) is 146 cm³/mol. The largest absolute Gasteiger partial charge is 0.350 e. The summed E-state index contributed by atoms with van der Waals surface area (Å²) < 4.78 is 0. The zero-order chi connectivity index (χ0) is 25.9. The number of amides is 2. The lowest BCUT2D eigenvalue weighted by Gasteiger charge is -2.25. The van der Waals surface area contributed by atoms with Crippen LogP contribution in [0.25, 0.3) is 0 Å². The van der Waals surface area contributed by atoms with Gasteiger partial charge >= 0.3 is 0 Å². The SMILES string of the molecule is CN(C)C(CNC(=O)c1ccc(C(=O)NCC(Cc2ccccc2)N(C)C)cc1)Cc1ccccc1. The fraction of sp³-hybridized carbons (Fsp3) is 0.333. The molecule has 0 aromatic heterocycles. The molecule has 3 aromatic carbocycles. The number of nitrogens with zero attached hydrogens (tertiary/aromatic N) is 2. The highest BCUT2D eigenvalue weighted by Crippen LogP contribution is 2.09. The second-order valence-electron chi connectivity index (χ2n) is 9.61. The molecule has 0 heterocycles. The Morgan fingerprint density at radius 1 is 0.583 bits per heavy atom. The standard InChI is InChI=1S/C30H38N4O2/c1-33(2)27(19-23-11-7-5-8-12-23)21-31-29(35)25-15-17-26(18-16-25)30(36)32-22-28(34(3)4)20-24-13-9-6-10-14-24/h5-18,27-28H,19-22H2,1-4H3,(H,31,35)(H,32,36). The normalized spacial score (nSPS) is 12.8. The summed E-state index contributed by atoms with van der Waals surface area (Å²) in [5.74, 6) is -0.283. The zero-order valence-corrected chi connectivity index (χ0v) is 21.8. The predicted octanol–water partition coefficient (Wildman–Crippen LogP) is 3.49. The van der Waals surface area contributed by atoms with Gasteiger partial charge in [-0.3, -0.25) is 9.59 Å². The van der Waals surface area contributed by atoms with Gasteiger partial charge in [0.05, 0.1) is 0 Å². The molecule has 0 aliphatic heterocycles. The molecule has 0 aliphatic carbocycles. The van der Waals surface area contributed by atoms with Crippen molar-refractivity contribution < 1.29 is 9.59 Å². The first-order valence-corrected chi connectivity index (χ1v) is 12.4. The first kappa shape index (κ1) is 27.1. The van der Waals surface area contributed by atoms with Crippen molar-refractivity contribution in [3.8, 4) is 0 Å². The molecule has 0 fully saturated rings. The molecule has 3 aromatic rings. The quantitative estimate of drug-likeness (QED) is 0.411. The Morgan fingerprint density at radius 3 is 1.22 bits per heavy atom. The van der Waals surface area contributed by atoms with Crippen LogP contribution in [-0.2, 0) is 12.8 Å². The highest BCUT2D eigenvalue weighted by atomic mass is 16.2. The minimum Gasteiger partial charge on any atom is -0.350 e. The Labute approximate surface area is 215 Å². The van der Waals surface area contributed by atoms with Crippen molar-refractivity contribution >= 4 is 11.8 Å². The van der Waals surface area contributed by atoms with Crippen molar-refractivity contribution in [1.82, 2.24) is 20.4 Å². The Balaban J connectivity index is 1.51. The molecule has 0 bridgehead atoms. The molecule has 6 nitrogen and oxygen atoms in total. The minimum atomic E-state index is -0.141. The third-order valence-electron chi connectivity index (χ3n) is 6.49. The second-order valence-corrected chi connectivity index (χ2v) is 9.61. The Hall–Kier alpha value is -3.48. The molecule has 36 heavy (non-hydrogen) atoms. The average molecular weight is 487 g/mol. The van der Waals surface area contributed by atoms with Gasteiger partial charge in [-0.25, -0.2) is 0 Å². The topological polar surface area (TPSA) is 64.7 Å². The average Bonchev–Trinajstić information content (AvgIpc) is 2.89. The lowest BCUT2D eigenvalue weighted by molar-refractivity contribution is 0.0930. The van der Waals surface area contributed by atoms with Crippen molar-refractivity contribution in [3.05, 3.63) is 107 Å². The molecule has 0 radical (unpaired) electrons. The molecule has 3 rings (SSSR count). The van der Waals surface area contributed by atoms with E-state index in [9.17, 15) is 9.59 Å². The number of hydrogen-bond donors (Lipinski definition) is 2. The van der Waals surface area contributed by atoms with Crippen molar-refractivity contribution in [1.29, 1.82) is 0 Å². The van der Waals surface area contributed by atoms with Gasteiger partial charge in [-0.15, -0.1) is 0 Å². The molecule has 0 saturated carbocycles. The maximum atomic E-state index is 12.7. The number of nitrogens with one attached hydrogen (secondary N) is 2.